The minimum absolute atomic E-state index is 0.000955. The standard InChI is InChI=1S/C18H20N2O3S/c1-12-9-13(2)11-16(10-12)20-24(22,23)17-7-5-15(6-8-17)19-18(21)14-3-4-14/h5-11,14,20H,3-4H2,1-2H3,(H,19,21). The fraction of sp³-hybridized carbons (Fsp3) is 0.278. The van der Waals surface area contributed by atoms with E-state index in [9.17, 15) is 13.2 Å². The first-order chi connectivity index (χ1) is 11.3. The number of rotatable bonds is 5. The minimum atomic E-state index is -3.66. The van der Waals surface area contributed by atoms with Crippen LogP contribution >= 0.6 is 0 Å². The second-order valence-corrected chi connectivity index (χ2v) is 7.95. The molecule has 0 unspecified atom stereocenters. The maximum absolute atomic E-state index is 12.5. The maximum Gasteiger partial charge on any atom is 0.261 e. The zero-order valence-corrected chi connectivity index (χ0v) is 14.5. The number of hydrogen-bond acceptors (Lipinski definition) is 3. The SMILES string of the molecule is Cc1cc(C)cc(NS(=O)(=O)c2ccc(NC(=O)C3CC3)cc2)c1. The van der Waals surface area contributed by atoms with Crippen LogP contribution in [0.1, 0.15) is 24.0 Å². The van der Waals surface area contributed by atoms with Crippen LogP contribution in [0.3, 0.4) is 0 Å². The monoisotopic (exact) mass is 344 g/mol. The van der Waals surface area contributed by atoms with Gasteiger partial charge in [-0.05, 0) is 74.2 Å². The number of sulfonamides is 1. The summed E-state index contributed by atoms with van der Waals surface area (Å²) < 4.78 is 27.5. The molecule has 0 radical (unpaired) electrons. The third kappa shape index (κ3) is 3.94. The van der Waals surface area contributed by atoms with Gasteiger partial charge in [0.1, 0.15) is 0 Å². The van der Waals surface area contributed by atoms with E-state index in [0.717, 1.165) is 24.0 Å². The van der Waals surface area contributed by atoms with Gasteiger partial charge in [-0.3, -0.25) is 9.52 Å². The first-order valence-electron chi connectivity index (χ1n) is 7.85. The topological polar surface area (TPSA) is 75.3 Å². The van der Waals surface area contributed by atoms with E-state index in [4.69, 9.17) is 0 Å². The molecule has 0 spiro atoms. The molecule has 0 heterocycles. The summed E-state index contributed by atoms with van der Waals surface area (Å²) in [5, 5.41) is 2.79. The molecule has 1 amide bonds. The van der Waals surface area contributed by atoms with Gasteiger partial charge in [-0.2, -0.15) is 0 Å². The molecular weight excluding hydrogens is 324 g/mol. The van der Waals surface area contributed by atoms with Crippen molar-refractivity contribution in [2.75, 3.05) is 10.0 Å². The van der Waals surface area contributed by atoms with Crippen LogP contribution in [0.15, 0.2) is 47.4 Å². The van der Waals surface area contributed by atoms with Crippen LogP contribution in [0.25, 0.3) is 0 Å². The van der Waals surface area contributed by atoms with E-state index in [0.29, 0.717) is 11.4 Å². The summed E-state index contributed by atoms with van der Waals surface area (Å²) in [5.74, 6) is 0.110. The predicted molar refractivity (Wildman–Crippen MR) is 94.5 cm³/mol. The Morgan fingerprint density at radius 3 is 2.08 bits per heavy atom. The normalized spacial score (nSPS) is 14.2. The van der Waals surface area contributed by atoms with Crippen LogP contribution in [-0.2, 0) is 14.8 Å². The van der Waals surface area contributed by atoms with Crippen LogP contribution in [-0.4, -0.2) is 14.3 Å². The van der Waals surface area contributed by atoms with E-state index in [1.807, 2.05) is 19.9 Å². The highest BCUT2D eigenvalue weighted by atomic mass is 32.2. The Morgan fingerprint density at radius 1 is 0.958 bits per heavy atom. The molecule has 0 aromatic heterocycles. The summed E-state index contributed by atoms with van der Waals surface area (Å²) in [5.41, 5.74) is 3.13. The summed E-state index contributed by atoms with van der Waals surface area (Å²) in [4.78, 5) is 11.9. The van der Waals surface area contributed by atoms with Crippen molar-refractivity contribution in [3.8, 4) is 0 Å². The number of nitrogens with one attached hydrogen (secondary N) is 2. The summed E-state index contributed by atoms with van der Waals surface area (Å²) in [6, 6.07) is 11.8. The van der Waals surface area contributed by atoms with Crippen molar-refractivity contribution >= 4 is 27.3 Å². The number of amides is 1. The average Bonchev–Trinajstić information content (AvgIpc) is 3.30. The summed E-state index contributed by atoms with van der Waals surface area (Å²) in [7, 11) is -3.66. The van der Waals surface area contributed by atoms with E-state index >= 15 is 0 Å². The molecule has 1 fully saturated rings. The van der Waals surface area contributed by atoms with Gasteiger partial charge in [0.25, 0.3) is 10.0 Å². The summed E-state index contributed by atoms with van der Waals surface area (Å²) in [6.45, 7) is 3.84. The molecule has 0 bridgehead atoms. The summed E-state index contributed by atoms with van der Waals surface area (Å²) in [6.07, 6.45) is 1.86. The minimum Gasteiger partial charge on any atom is -0.326 e. The number of hydrogen-bond donors (Lipinski definition) is 2. The third-order valence-electron chi connectivity index (χ3n) is 3.85. The third-order valence-corrected chi connectivity index (χ3v) is 5.25. The van der Waals surface area contributed by atoms with Crippen LogP contribution in [0.4, 0.5) is 11.4 Å². The Labute approximate surface area is 142 Å². The van der Waals surface area contributed by atoms with E-state index in [1.165, 1.54) is 12.1 Å². The molecule has 24 heavy (non-hydrogen) atoms. The Balaban J connectivity index is 1.75. The highest BCUT2D eigenvalue weighted by Gasteiger charge is 2.29. The molecule has 126 valence electrons. The van der Waals surface area contributed by atoms with Gasteiger partial charge < -0.3 is 5.32 Å². The van der Waals surface area contributed by atoms with Crippen molar-refractivity contribution in [1.82, 2.24) is 0 Å². The number of benzene rings is 2. The second-order valence-electron chi connectivity index (χ2n) is 6.27. The lowest BCUT2D eigenvalue weighted by Gasteiger charge is -2.11. The Bertz CT molecular complexity index is 849. The smallest absolute Gasteiger partial charge is 0.261 e. The van der Waals surface area contributed by atoms with E-state index in [1.54, 1.807) is 24.3 Å². The predicted octanol–water partition coefficient (Wildman–Crippen LogP) is 3.45. The van der Waals surface area contributed by atoms with Crippen molar-refractivity contribution in [3.63, 3.8) is 0 Å². The van der Waals surface area contributed by atoms with Gasteiger partial charge in [0.2, 0.25) is 5.91 Å². The quantitative estimate of drug-likeness (QED) is 0.872. The molecule has 1 saturated carbocycles. The van der Waals surface area contributed by atoms with Gasteiger partial charge in [-0.15, -0.1) is 0 Å². The Kier molecular flexibility index (Phi) is 4.32. The van der Waals surface area contributed by atoms with Crippen molar-refractivity contribution in [3.05, 3.63) is 53.6 Å². The molecule has 5 nitrogen and oxygen atoms in total. The van der Waals surface area contributed by atoms with E-state index in [-0.39, 0.29) is 16.7 Å². The fourth-order valence-corrected chi connectivity index (χ4v) is 3.60. The molecule has 1 aliphatic carbocycles. The van der Waals surface area contributed by atoms with Gasteiger partial charge >= 0.3 is 0 Å². The molecule has 3 rings (SSSR count). The number of aryl methyl sites for hydroxylation is 2. The van der Waals surface area contributed by atoms with Gasteiger partial charge in [-0.25, -0.2) is 8.42 Å². The average molecular weight is 344 g/mol. The lowest BCUT2D eigenvalue weighted by molar-refractivity contribution is -0.117. The second kappa shape index (κ2) is 6.28. The lowest BCUT2D eigenvalue weighted by atomic mass is 10.1. The van der Waals surface area contributed by atoms with Gasteiger partial charge in [-0.1, -0.05) is 6.07 Å². The zero-order valence-electron chi connectivity index (χ0n) is 13.7. The Morgan fingerprint density at radius 2 is 1.54 bits per heavy atom. The van der Waals surface area contributed by atoms with E-state index < -0.39 is 10.0 Å². The van der Waals surface area contributed by atoms with Gasteiger partial charge in [0.15, 0.2) is 0 Å². The zero-order chi connectivity index (χ0) is 17.3. The van der Waals surface area contributed by atoms with E-state index in [2.05, 4.69) is 10.0 Å². The number of anilines is 2. The van der Waals surface area contributed by atoms with Crippen molar-refractivity contribution < 1.29 is 13.2 Å². The van der Waals surface area contributed by atoms with Crippen LogP contribution in [0.2, 0.25) is 0 Å². The first-order valence-corrected chi connectivity index (χ1v) is 9.34. The Hall–Kier alpha value is -2.34. The molecule has 0 aliphatic heterocycles. The highest BCUT2D eigenvalue weighted by molar-refractivity contribution is 7.92. The lowest BCUT2D eigenvalue weighted by Crippen LogP contribution is -2.15. The molecule has 2 N–H and O–H groups in total. The van der Waals surface area contributed by atoms with Crippen molar-refractivity contribution in [1.29, 1.82) is 0 Å². The van der Waals surface area contributed by atoms with Crippen LogP contribution in [0.5, 0.6) is 0 Å². The molecule has 0 saturated heterocycles. The maximum atomic E-state index is 12.5. The molecule has 2 aromatic rings. The molecule has 2 aromatic carbocycles. The molecular formula is C18H20N2O3S. The van der Waals surface area contributed by atoms with Crippen LogP contribution in [0, 0.1) is 19.8 Å². The van der Waals surface area contributed by atoms with Gasteiger partial charge in [0, 0.05) is 17.3 Å². The summed E-state index contributed by atoms with van der Waals surface area (Å²) >= 11 is 0. The fourth-order valence-electron chi connectivity index (χ4n) is 2.55. The highest BCUT2D eigenvalue weighted by Crippen LogP contribution is 2.30. The van der Waals surface area contributed by atoms with Crippen LogP contribution < -0.4 is 10.0 Å². The number of carbonyl (C=O) groups is 1. The van der Waals surface area contributed by atoms with Gasteiger partial charge in [0.05, 0.1) is 4.90 Å². The first kappa shape index (κ1) is 16.5. The van der Waals surface area contributed by atoms with Crippen molar-refractivity contribution in [2.24, 2.45) is 5.92 Å². The van der Waals surface area contributed by atoms with Crippen molar-refractivity contribution in [2.45, 2.75) is 31.6 Å². The number of carbonyl (C=O) groups excluding carboxylic acids is 1. The molecule has 0 atom stereocenters. The molecule has 6 heteroatoms. The molecule has 1 aliphatic rings. The largest absolute Gasteiger partial charge is 0.326 e.